The quantitative estimate of drug-likeness (QED) is 0.565. The van der Waals surface area contributed by atoms with Crippen molar-refractivity contribution in [2.75, 3.05) is 12.9 Å². The molecule has 1 heterocycles. The Morgan fingerprint density at radius 2 is 2.17 bits per heavy atom. The van der Waals surface area contributed by atoms with Crippen molar-refractivity contribution in [3.63, 3.8) is 0 Å². The lowest BCUT2D eigenvalue weighted by Gasteiger charge is -2.09. The molecular formula is C17H21N3O3S. The van der Waals surface area contributed by atoms with Crippen LogP contribution in [0.2, 0.25) is 0 Å². The monoisotopic (exact) mass is 347 g/mol. The number of aromatic nitrogens is 2. The van der Waals surface area contributed by atoms with E-state index in [1.807, 2.05) is 31.2 Å². The summed E-state index contributed by atoms with van der Waals surface area (Å²) in [6.45, 7) is 2.42. The minimum Gasteiger partial charge on any atom is -0.496 e. The fourth-order valence-corrected chi connectivity index (χ4v) is 2.89. The topological polar surface area (TPSA) is 84.1 Å². The number of aryl methyl sites for hydroxylation is 1. The highest BCUT2D eigenvalue weighted by Crippen LogP contribution is 2.17. The highest BCUT2D eigenvalue weighted by atomic mass is 32.2. The second kappa shape index (κ2) is 9.12. The second-order valence-corrected chi connectivity index (χ2v) is 6.13. The number of methoxy groups -OCH3 is 1. The van der Waals surface area contributed by atoms with Crippen molar-refractivity contribution in [3.05, 3.63) is 51.9 Å². The van der Waals surface area contributed by atoms with E-state index in [9.17, 15) is 9.59 Å². The zero-order chi connectivity index (χ0) is 17.4. The summed E-state index contributed by atoms with van der Waals surface area (Å²) in [6.07, 6.45) is 1.66. The molecule has 0 saturated carbocycles. The lowest BCUT2D eigenvalue weighted by molar-refractivity contribution is -0.118. The number of nitrogens with one attached hydrogen (secondary N) is 2. The maximum absolute atomic E-state index is 12.0. The highest BCUT2D eigenvalue weighted by molar-refractivity contribution is 7.99. The number of thioether (sulfide) groups is 1. The average molecular weight is 347 g/mol. The smallest absolute Gasteiger partial charge is 0.251 e. The van der Waals surface area contributed by atoms with Crippen LogP contribution in [0.1, 0.15) is 24.6 Å². The molecule has 7 heteroatoms. The molecule has 1 aromatic carbocycles. The molecular weight excluding hydrogens is 326 g/mol. The molecule has 0 aliphatic heterocycles. The first-order valence-electron chi connectivity index (χ1n) is 7.74. The summed E-state index contributed by atoms with van der Waals surface area (Å²) in [5, 5.41) is 3.31. The molecule has 0 bridgehead atoms. The van der Waals surface area contributed by atoms with Crippen LogP contribution < -0.4 is 15.6 Å². The van der Waals surface area contributed by atoms with Crippen LogP contribution in [0.5, 0.6) is 5.75 Å². The SMILES string of the molecule is CCCc1cc(=O)[nH]c(SCC(=O)NCc2ccccc2OC)n1. The van der Waals surface area contributed by atoms with E-state index in [0.29, 0.717) is 11.7 Å². The van der Waals surface area contributed by atoms with Crippen LogP contribution in [0.15, 0.2) is 40.3 Å². The van der Waals surface area contributed by atoms with E-state index in [0.717, 1.165) is 29.8 Å². The summed E-state index contributed by atoms with van der Waals surface area (Å²) in [7, 11) is 1.60. The molecule has 0 atom stereocenters. The number of para-hydroxylation sites is 1. The van der Waals surface area contributed by atoms with E-state index in [1.165, 1.54) is 17.8 Å². The third-order valence-corrected chi connectivity index (χ3v) is 4.16. The minimum atomic E-state index is -0.189. The van der Waals surface area contributed by atoms with E-state index >= 15 is 0 Å². The largest absolute Gasteiger partial charge is 0.496 e. The molecule has 1 aromatic heterocycles. The molecule has 0 aliphatic rings. The molecule has 2 rings (SSSR count). The predicted octanol–water partition coefficient (Wildman–Crippen LogP) is 2.14. The standard InChI is InChI=1S/C17H21N3O3S/c1-3-6-13-9-15(21)20-17(19-13)24-11-16(22)18-10-12-7-4-5-8-14(12)23-2/h4-5,7-9H,3,6,10-11H2,1-2H3,(H,18,22)(H,19,20,21). The van der Waals surface area contributed by atoms with Crippen molar-refractivity contribution in [2.24, 2.45) is 0 Å². The van der Waals surface area contributed by atoms with Crippen molar-refractivity contribution in [1.29, 1.82) is 0 Å². The lowest BCUT2D eigenvalue weighted by atomic mass is 10.2. The molecule has 1 amide bonds. The van der Waals surface area contributed by atoms with Gasteiger partial charge in [0.2, 0.25) is 5.91 Å². The van der Waals surface area contributed by atoms with Crippen molar-refractivity contribution in [1.82, 2.24) is 15.3 Å². The zero-order valence-corrected chi connectivity index (χ0v) is 14.6. The minimum absolute atomic E-state index is 0.130. The number of nitrogens with zero attached hydrogens (tertiary/aromatic N) is 1. The molecule has 0 aliphatic carbocycles. The maximum atomic E-state index is 12.0. The van der Waals surface area contributed by atoms with Gasteiger partial charge < -0.3 is 15.0 Å². The first-order chi connectivity index (χ1) is 11.6. The number of ether oxygens (including phenoxy) is 1. The molecule has 0 saturated heterocycles. The Morgan fingerprint density at radius 3 is 2.92 bits per heavy atom. The molecule has 0 fully saturated rings. The van der Waals surface area contributed by atoms with Gasteiger partial charge in [0.05, 0.1) is 12.9 Å². The number of hydrogen-bond acceptors (Lipinski definition) is 5. The summed E-state index contributed by atoms with van der Waals surface area (Å²) in [5.41, 5.74) is 1.47. The number of rotatable bonds is 8. The summed E-state index contributed by atoms with van der Waals surface area (Å²) >= 11 is 1.22. The first-order valence-corrected chi connectivity index (χ1v) is 8.72. The fourth-order valence-electron chi connectivity index (χ4n) is 2.16. The molecule has 6 nitrogen and oxygen atoms in total. The Labute approximate surface area is 145 Å². The lowest BCUT2D eigenvalue weighted by Crippen LogP contribution is -2.25. The second-order valence-electron chi connectivity index (χ2n) is 5.17. The van der Waals surface area contributed by atoms with Crippen molar-refractivity contribution in [2.45, 2.75) is 31.5 Å². The number of benzene rings is 1. The maximum Gasteiger partial charge on any atom is 0.251 e. The number of H-pyrrole nitrogens is 1. The van der Waals surface area contributed by atoms with Crippen LogP contribution in [-0.2, 0) is 17.8 Å². The number of carbonyl (C=O) groups excluding carboxylic acids is 1. The van der Waals surface area contributed by atoms with Gasteiger partial charge in [0.1, 0.15) is 5.75 Å². The number of amides is 1. The highest BCUT2D eigenvalue weighted by Gasteiger charge is 2.08. The number of hydrogen-bond donors (Lipinski definition) is 2. The molecule has 2 aromatic rings. The Kier molecular flexibility index (Phi) is 6.87. The normalized spacial score (nSPS) is 10.4. The van der Waals surface area contributed by atoms with Gasteiger partial charge in [-0.15, -0.1) is 0 Å². The van der Waals surface area contributed by atoms with E-state index in [1.54, 1.807) is 7.11 Å². The average Bonchev–Trinajstić information content (AvgIpc) is 2.58. The van der Waals surface area contributed by atoms with Gasteiger partial charge in [-0.3, -0.25) is 9.59 Å². The van der Waals surface area contributed by atoms with Gasteiger partial charge >= 0.3 is 0 Å². The van der Waals surface area contributed by atoms with E-state index < -0.39 is 0 Å². The Bertz CT molecular complexity index is 746. The molecule has 24 heavy (non-hydrogen) atoms. The summed E-state index contributed by atoms with van der Waals surface area (Å²) in [4.78, 5) is 30.6. The van der Waals surface area contributed by atoms with Crippen molar-refractivity contribution < 1.29 is 9.53 Å². The number of aromatic amines is 1. The Balaban J connectivity index is 1.88. The van der Waals surface area contributed by atoms with Crippen molar-refractivity contribution in [3.8, 4) is 5.75 Å². The summed E-state index contributed by atoms with van der Waals surface area (Å²) in [6, 6.07) is 9.02. The molecule has 0 spiro atoms. The zero-order valence-electron chi connectivity index (χ0n) is 13.8. The van der Waals surface area contributed by atoms with Crippen LogP contribution in [0.4, 0.5) is 0 Å². The predicted molar refractivity (Wildman–Crippen MR) is 94.4 cm³/mol. The Morgan fingerprint density at radius 1 is 1.38 bits per heavy atom. The van der Waals surface area contributed by atoms with E-state index in [-0.39, 0.29) is 17.2 Å². The van der Waals surface area contributed by atoms with Crippen molar-refractivity contribution >= 4 is 17.7 Å². The Hall–Kier alpha value is -2.28. The van der Waals surface area contributed by atoms with E-state index in [4.69, 9.17) is 4.74 Å². The molecule has 0 radical (unpaired) electrons. The van der Waals surface area contributed by atoms with Gasteiger partial charge in [-0.2, -0.15) is 0 Å². The van der Waals surface area contributed by atoms with Gasteiger partial charge in [0.25, 0.3) is 5.56 Å². The van der Waals surface area contributed by atoms with Crippen LogP contribution in [0, 0.1) is 0 Å². The van der Waals surface area contributed by atoms with Gasteiger partial charge in [0.15, 0.2) is 5.16 Å². The third kappa shape index (κ3) is 5.42. The van der Waals surface area contributed by atoms with Gasteiger partial charge in [-0.05, 0) is 12.5 Å². The molecule has 2 N–H and O–H groups in total. The van der Waals surface area contributed by atoms with E-state index in [2.05, 4.69) is 15.3 Å². The van der Waals surface area contributed by atoms with Gasteiger partial charge in [-0.1, -0.05) is 43.3 Å². The molecule has 0 unspecified atom stereocenters. The fraction of sp³-hybridized carbons (Fsp3) is 0.353. The van der Waals surface area contributed by atoms with Gasteiger partial charge in [-0.25, -0.2) is 4.98 Å². The summed E-state index contributed by atoms with van der Waals surface area (Å²) < 4.78 is 5.25. The third-order valence-electron chi connectivity index (χ3n) is 3.29. The van der Waals surface area contributed by atoms with Crippen LogP contribution >= 0.6 is 11.8 Å². The molecule has 128 valence electrons. The van der Waals surface area contributed by atoms with Crippen LogP contribution in [0.25, 0.3) is 0 Å². The number of carbonyl (C=O) groups is 1. The first kappa shape index (κ1) is 18.1. The van der Waals surface area contributed by atoms with Crippen LogP contribution in [-0.4, -0.2) is 28.7 Å². The van der Waals surface area contributed by atoms with Gasteiger partial charge in [0, 0.05) is 23.9 Å². The van der Waals surface area contributed by atoms with Crippen LogP contribution in [0.3, 0.4) is 0 Å². The summed E-state index contributed by atoms with van der Waals surface area (Å²) in [5.74, 6) is 0.798.